The first-order chi connectivity index (χ1) is 20.9. The quantitative estimate of drug-likeness (QED) is 0.185. The highest BCUT2D eigenvalue weighted by Crippen LogP contribution is 2.36. The first kappa shape index (κ1) is 30.4. The number of urea groups is 1. The van der Waals surface area contributed by atoms with Crippen LogP contribution in [0.15, 0.2) is 53.1 Å². The molecule has 2 aromatic carbocycles. The van der Waals surface area contributed by atoms with Crippen LogP contribution in [0.3, 0.4) is 0 Å². The number of ether oxygens (including phenoxy) is 1. The normalized spacial score (nSPS) is 15.2. The number of rotatable bonds is 11. The number of piperidine rings is 1. The number of carbonyl (C=O) groups is 2. The Balaban J connectivity index is 1.14. The third-order valence-corrected chi connectivity index (χ3v) is 8.50. The number of hydrogen-bond acceptors (Lipinski definition) is 5. The van der Waals surface area contributed by atoms with Crippen molar-refractivity contribution in [3.63, 3.8) is 0 Å². The molecule has 1 unspecified atom stereocenters. The summed E-state index contributed by atoms with van der Waals surface area (Å²) in [4.78, 5) is 27.8. The molecule has 0 saturated carbocycles. The van der Waals surface area contributed by atoms with Gasteiger partial charge in [-0.1, -0.05) is 35.5 Å². The molecular weight excluding hydrogens is 542 g/mol. The van der Waals surface area contributed by atoms with Crippen LogP contribution in [-0.4, -0.2) is 53.4 Å². The number of hydrogen-bond donors (Lipinski definition) is 2. The number of nitrogens with one attached hydrogen (secondary N) is 2. The van der Waals surface area contributed by atoms with Crippen LogP contribution < -0.4 is 10.6 Å². The highest BCUT2D eigenvalue weighted by Gasteiger charge is 2.29. The van der Waals surface area contributed by atoms with Gasteiger partial charge in [0.05, 0.1) is 0 Å². The molecule has 3 heterocycles. The summed E-state index contributed by atoms with van der Waals surface area (Å²) in [7, 11) is 1.75. The zero-order chi connectivity index (χ0) is 30.3. The predicted molar refractivity (Wildman–Crippen MR) is 170 cm³/mol. The molecule has 1 aliphatic heterocycles. The molecule has 43 heavy (non-hydrogen) atoms. The third-order valence-electron chi connectivity index (χ3n) is 8.50. The fraction of sp³-hybridized carbons (Fsp3) is 0.441. The summed E-state index contributed by atoms with van der Waals surface area (Å²) in [6.07, 6.45) is 5.21. The maximum atomic E-state index is 13.3. The van der Waals surface area contributed by atoms with Gasteiger partial charge in [-0.05, 0) is 82.2 Å². The molecule has 228 valence electrons. The number of para-hydroxylation sites is 1. The van der Waals surface area contributed by atoms with Crippen molar-refractivity contribution in [2.75, 3.05) is 37.4 Å². The first-order valence-electron chi connectivity index (χ1n) is 15.3. The maximum absolute atomic E-state index is 13.3. The Hall–Kier alpha value is -4.11. The Morgan fingerprint density at radius 3 is 2.58 bits per heavy atom. The number of nitrogens with zero attached hydrogens (tertiary/aromatic N) is 3. The summed E-state index contributed by atoms with van der Waals surface area (Å²) < 4.78 is 12.9. The molecule has 5 rings (SSSR count). The van der Waals surface area contributed by atoms with Gasteiger partial charge in [-0.2, -0.15) is 0 Å². The van der Waals surface area contributed by atoms with Gasteiger partial charge in [0, 0.05) is 68.0 Å². The number of aryl methyl sites for hydroxylation is 5. The van der Waals surface area contributed by atoms with Crippen molar-refractivity contribution in [3.05, 3.63) is 76.8 Å². The number of likely N-dealkylation sites (tertiary alicyclic amines) is 1. The largest absolute Gasteiger partial charge is 0.385 e. The average Bonchev–Trinajstić information content (AvgIpc) is 3.48. The fourth-order valence-electron chi connectivity index (χ4n) is 6.35. The Labute approximate surface area is 253 Å². The lowest BCUT2D eigenvalue weighted by molar-refractivity contribution is -0.132. The summed E-state index contributed by atoms with van der Waals surface area (Å²) >= 11 is 0. The SMILES string of the molecule is COCCCn1c(C2CCCN(C(=O)CCCc3ccc(NC(=O)Nc4c(C)noc4C)cc3)C2)c(C)c2ccccc21. The lowest BCUT2D eigenvalue weighted by Gasteiger charge is -2.34. The highest BCUT2D eigenvalue weighted by molar-refractivity contribution is 6.00. The van der Waals surface area contributed by atoms with Crippen LogP contribution in [-0.2, 0) is 22.5 Å². The summed E-state index contributed by atoms with van der Waals surface area (Å²) in [5, 5.41) is 10.8. The molecule has 2 N–H and O–H groups in total. The Bertz CT molecular complexity index is 1540. The summed E-state index contributed by atoms with van der Waals surface area (Å²) in [6, 6.07) is 16.1. The smallest absolute Gasteiger partial charge is 0.323 e. The summed E-state index contributed by atoms with van der Waals surface area (Å²) in [5.74, 6) is 1.13. The monoisotopic (exact) mass is 585 g/mol. The van der Waals surface area contributed by atoms with E-state index in [9.17, 15) is 9.59 Å². The number of methoxy groups -OCH3 is 1. The van der Waals surface area contributed by atoms with E-state index >= 15 is 0 Å². The molecule has 3 amide bonds. The summed E-state index contributed by atoms with van der Waals surface area (Å²) in [6.45, 7) is 9.02. The Morgan fingerprint density at radius 2 is 1.84 bits per heavy atom. The second kappa shape index (κ2) is 13.9. The number of aromatic nitrogens is 2. The van der Waals surface area contributed by atoms with Crippen molar-refractivity contribution in [2.45, 2.75) is 71.8 Å². The minimum atomic E-state index is -0.349. The molecule has 1 fully saturated rings. The van der Waals surface area contributed by atoms with Gasteiger partial charge in [0.25, 0.3) is 0 Å². The van der Waals surface area contributed by atoms with Crippen LogP contribution in [0, 0.1) is 20.8 Å². The second-order valence-electron chi connectivity index (χ2n) is 11.5. The molecule has 9 nitrogen and oxygen atoms in total. The zero-order valence-corrected chi connectivity index (χ0v) is 25.7. The van der Waals surface area contributed by atoms with Crippen LogP contribution >= 0.6 is 0 Å². The number of fused-ring (bicyclic) bond motifs is 1. The van der Waals surface area contributed by atoms with E-state index in [1.165, 1.54) is 22.2 Å². The van der Waals surface area contributed by atoms with E-state index in [0.29, 0.717) is 35.2 Å². The molecule has 0 radical (unpaired) electrons. The highest BCUT2D eigenvalue weighted by atomic mass is 16.5. The van der Waals surface area contributed by atoms with Crippen LogP contribution in [0.5, 0.6) is 0 Å². The van der Waals surface area contributed by atoms with Crippen LogP contribution in [0.25, 0.3) is 10.9 Å². The Morgan fingerprint density at radius 1 is 1.05 bits per heavy atom. The minimum absolute atomic E-state index is 0.235. The first-order valence-corrected chi connectivity index (χ1v) is 15.3. The van der Waals surface area contributed by atoms with Gasteiger partial charge in [-0.25, -0.2) is 4.79 Å². The molecule has 1 aliphatic rings. The predicted octanol–water partition coefficient (Wildman–Crippen LogP) is 6.96. The fourth-order valence-corrected chi connectivity index (χ4v) is 6.35. The number of amides is 3. The molecule has 0 bridgehead atoms. The van der Waals surface area contributed by atoms with Gasteiger partial charge in [0.15, 0.2) is 5.76 Å². The maximum Gasteiger partial charge on any atom is 0.323 e. The van der Waals surface area contributed by atoms with Crippen molar-refractivity contribution in [1.82, 2.24) is 14.6 Å². The lowest BCUT2D eigenvalue weighted by atomic mass is 9.91. The topological polar surface area (TPSA) is 102 Å². The summed E-state index contributed by atoms with van der Waals surface area (Å²) in [5.41, 5.74) is 7.04. The van der Waals surface area contributed by atoms with Crippen LogP contribution in [0.4, 0.5) is 16.2 Å². The standard InChI is InChI=1S/C34H43N5O4/c1-23-29-12-5-6-13-30(29)39(20-9-21-42-4)33(23)27-11-8-19-38(22-27)31(40)14-7-10-26-15-17-28(18-16-26)35-34(41)36-32-24(2)37-43-25(32)3/h5-6,12-13,15-18,27H,7-11,14,19-22H2,1-4H3,(H2,35,36,41). The molecule has 9 heteroatoms. The van der Waals surface area contributed by atoms with Gasteiger partial charge in [-0.3, -0.25) is 4.79 Å². The van der Waals surface area contributed by atoms with Crippen molar-refractivity contribution in [1.29, 1.82) is 0 Å². The van der Waals surface area contributed by atoms with E-state index in [1.54, 1.807) is 21.0 Å². The van der Waals surface area contributed by atoms with Gasteiger partial charge < -0.3 is 29.4 Å². The molecule has 1 saturated heterocycles. The number of benzene rings is 2. The number of carbonyl (C=O) groups excluding carboxylic acids is 2. The molecule has 2 aromatic heterocycles. The lowest BCUT2D eigenvalue weighted by Crippen LogP contribution is -2.39. The van der Waals surface area contributed by atoms with Crippen molar-refractivity contribution in [2.24, 2.45) is 0 Å². The van der Waals surface area contributed by atoms with E-state index in [1.807, 2.05) is 24.3 Å². The van der Waals surface area contributed by atoms with Crippen molar-refractivity contribution in [3.8, 4) is 0 Å². The average molecular weight is 586 g/mol. The van der Waals surface area contributed by atoms with Crippen LogP contribution in [0.2, 0.25) is 0 Å². The van der Waals surface area contributed by atoms with Gasteiger partial charge in [0.2, 0.25) is 5.91 Å². The molecular formula is C34H43N5O4. The molecule has 4 aromatic rings. The molecule has 0 aliphatic carbocycles. The van der Waals surface area contributed by atoms with E-state index in [2.05, 4.69) is 56.4 Å². The Kier molecular flexibility index (Phi) is 9.82. The molecule has 0 spiro atoms. The van der Waals surface area contributed by atoms with Gasteiger partial charge in [0.1, 0.15) is 11.4 Å². The van der Waals surface area contributed by atoms with E-state index in [4.69, 9.17) is 9.26 Å². The second-order valence-corrected chi connectivity index (χ2v) is 11.5. The zero-order valence-electron chi connectivity index (χ0n) is 25.7. The van der Waals surface area contributed by atoms with Crippen LogP contribution in [0.1, 0.15) is 66.3 Å². The van der Waals surface area contributed by atoms with E-state index in [-0.39, 0.29) is 11.9 Å². The number of anilines is 2. The van der Waals surface area contributed by atoms with E-state index < -0.39 is 0 Å². The van der Waals surface area contributed by atoms with Gasteiger partial charge in [-0.15, -0.1) is 0 Å². The third kappa shape index (κ3) is 7.10. The van der Waals surface area contributed by atoms with Gasteiger partial charge >= 0.3 is 6.03 Å². The molecule has 1 atom stereocenters. The van der Waals surface area contributed by atoms with E-state index in [0.717, 1.165) is 63.9 Å². The minimum Gasteiger partial charge on any atom is -0.385 e. The van der Waals surface area contributed by atoms with Crippen molar-refractivity contribution >= 4 is 34.2 Å². The van der Waals surface area contributed by atoms with Crippen molar-refractivity contribution < 1.29 is 18.8 Å².